The Morgan fingerprint density at radius 2 is 2.33 bits per heavy atom. The Morgan fingerprint density at radius 1 is 1.56 bits per heavy atom. The molecule has 2 rings (SSSR count). The minimum absolute atomic E-state index is 0.253. The lowest BCUT2D eigenvalue weighted by atomic mass is 10.3. The number of nitrogens with zero attached hydrogens (tertiary/aromatic N) is 4. The molecule has 0 unspecified atom stereocenters. The van der Waals surface area contributed by atoms with Crippen LogP contribution in [0.1, 0.15) is 15.4 Å². The zero-order valence-electron chi connectivity index (χ0n) is 9.32. The number of carboxylic acids is 1. The Kier molecular flexibility index (Phi) is 3.33. The van der Waals surface area contributed by atoms with Gasteiger partial charge in [-0.15, -0.1) is 5.10 Å². The summed E-state index contributed by atoms with van der Waals surface area (Å²) < 4.78 is 4.88. The highest BCUT2D eigenvalue weighted by Crippen LogP contribution is 2.13. The van der Waals surface area contributed by atoms with E-state index in [9.17, 15) is 9.59 Å². The second-order valence-electron chi connectivity index (χ2n) is 3.46. The molecule has 2 N–H and O–H groups in total. The minimum Gasteiger partial charge on any atom is -0.480 e. The summed E-state index contributed by atoms with van der Waals surface area (Å²) >= 11 is 1.000. The lowest BCUT2D eigenvalue weighted by molar-refractivity contribution is -0.137. The van der Waals surface area contributed by atoms with Gasteiger partial charge in [0.1, 0.15) is 11.4 Å². The molecule has 0 fully saturated rings. The van der Waals surface area contributed by atoms with E-state index in [1.54, 1.807) is 6.92 Å². The average molecular weight is 267 g/mol. The fourth-order valence-electron chi connectivity index (χ4n) is 1.28. The van der Waals surface area contributed by atoms with Crippen LogP contribution in [0.5, 0.6) is 0 Å². The van der Waals surface area contributed by atoms with E-state index in [0.29, 0.717) is 16.3 Å². The largest absolute Gasteiger partial charge is 0.480 e. The summed E-state index contributed by atoms with van der Waals surface area (Å²) in [4.78, 5) is 22.7. The number of hydrogen-bond donors (Lipinski definition) is 2. The normalized spacial score (nSPS) is 10.3. The smallest absolute Gasteiger partial charge is 0.325 e. The topological polar surface area (TPSA) is 110 Å². The lowest BCUT2D eigenvalue weighted by Gasteiger charge is -1.99. The quantitative estimate of drug-likeness (QED) is 0.828. The van der Waals surface area contributed by atoms with Gasteiger partial charge in [0.25, 0.3) is 5.91 Å². The van der Waals surface area contributed by atoms with Gasteiger partial charge in [0.15, 0.2) is 0 Å². The molecule has 0 aliphatic rings. The first kappa shape index (κ1) is 12.2. The molecule has 8 nitrogen and oxygen atoms in total. The summed E-state index contributed by atoms with van der Waals surface area (Å²) in [5.41, 5.74) is 0.976. The molecule has 94 valence electrons. The molecule has 9 heteroatoms. The van der Waals surface area contributed by atoms with Crippen molar-refractivity contribution in [3.05, 3.63) is 23.0 Å². The van der Waals surface area contributed by atoms with Crippen molar-refractivity contribution < 1.29 is 14.7 Å². The van der Waals surface area contributed by atoms with Crippen molar-refractivity contribution in [2.24, 2.45) is 0 Å². The lowest BCUT2D eigenvalue weighted by Crippen LogP contribution is -2.11. The van der Waals surface area contributed by atoms with Gasteiger partial charge in [0.05, 0.1) is 17.6 Å². The van der Waals surface area contributed by atoms with Crippen LogP contribution >= 0.6 is 11.5 Å². The van der Waals surface area contributed by atoms with Crippen LogP contribution in [-0.4, -0.2) is 36.4 Å². The molecule has 2 aromatic heterocycles. The van der Waals surface area contributed by atoms with Gasteiger partial charge in [-0.05, 0) is 18.5 Å². The molecule has 2 heterocycles. The highest BCUT2D eigenvalue weighted by molar-refractivity contribution is 7.08. The van der Waals surface area contributed by atoms with E-state index >= 15 is 0 Å². The molecule has 0 atom stereocenters. The maximum absolute atomic E-state index is 11.8. The maximum Gasteiger partial charge on any atom is 0.325 e. The monoisotopic (exact) mass is 267 g/mol. The molecule has 0 bridgehead atoms. The van der Waals surface area contributed by atoms with Gasteiger partial charge in [0.2, 0.25) is 0 Å². The summed E-state index contributed by atoms with van der Waals surface area (Å²) in [5.74, 6) is -1.34. The summed E-state index contributed by atoms with van der Waals surface area (Å²) in [6, 6.07) is 0. The van der Waals surface area contributed by atoms with E-state index in [0.717, 1.165) is 11.5 Å². The summed E-state index contributed by atoms with van der Waals surface area (Å²) in [6.07, 6.45) is 2.82. The number of aromatic nitrogens is 4. The number of carbonyl (C=O) groups excluding carboxylic acids is 1. The first-order valence-electron chi connectivity index (χ1n) is 4.91. The van der Waals surface area contributed by atoms with Crippen molar-refractivity contribution >= 4 is 29.1 Å². The van der Waals surface area contributed by atoms with Crippen molar-refractivity contribution in [3.63, 3.8) is 0 Å². The molecule has 0 aromatic carbocycles. The van der Waals surface area contributed by atoms with E-state index in [1.807, 2.05) is 0 Å². The predicted molar refractivity (Wildman–Crippen MR) is 62.5 cm³/mol. The van der Waals surface area contributed by atoms with E-state index in [2.05, 4.69) is 20.0 Å². The minimum atomic E-state index is -1.00. The van der Waals surface area contributed by atoms with Crippen LogP contribution in [0.4, 0.5) is 5.69 Å². The van der Waals surface area contributed by atoms with Crippen LogP contribution in [0.25, 0.3) is 0 Å². The molecule has 0 aliphatic heterocycles. The van der Waals surface area contributed by atoms with E-state index in [-0.39, 0.29) is 12.5 Å². The van der Waals surface area contributed by atoms with Crippen LogP contribution in [0.2, 0.25) is 0 Å². The van der Waals surface area contributed by atoms with Gasteiger partial charge in [-0.3, -0.25) is 14.3 Å². The number of nitrogens with one attached hydrogen (secondary N) is 1. The molecule has 2 aromatic rings. The number of anilines is 1. The van der Waals surface area contributed by atoms with E-state index < -0.39 is 5.97 Å². The van der Waals surface area contributed by atoms with Crippen molar-refractivity contribution in [2.45, 2.75) is 13.5 Å². The first-order valence-corrected chi connectivity index (χ1v) is 5.68. The number of carboxylic acid groups (broad SMARTS) is 1. The Bertz CT molecular complexity index is 591. The van der Waals surface area contributed by atoms with Crippen LogP contribution in [0.15, 0.2) is 12.4 Å². The number of aliphatic carboxylic acids is 1. The second-order valence-corrected chi connectivity index (χ2v) is 4.22. The molecule has 18 heavy (non-hydrogen) atoms. The standard InChI is InChI=1S/C9H9N5O3S/c1-5-8(18-13-12-5)9(17)11-6-2-10-14(3-6)4-7(15)16/h2-3H,4H2,1H3,(H,11,17)(H,15,16). The first-order chi connectivity index (χ1) is 8.56. The van der Waals surface area contributed by atoms with Crippen molar-refractivity contribution in [1.82, 2.24) is 19.4 Å². The third kappa shape index (κ3) is 2.69. The van der Waals surface area contributed by atoms with Crippen molar-refractivity contribution in [1.29, 1.82) is 0 Å². The van der Waals surface area contributed by atoms with E-state index in [4.69, 9.17) is 5.11 Å². The SMILES string of the molecule is Cc1nnsc1C(=O)Nc1cnn(CC(=O)O)c1. The van der Waals surface area contributed by atoms with Crippen LogP contribution in [0.3, 0.4) is 0 Å². The highest BCUT2D eigenvalue weighted by Gasteiger charge is 2.14. The Balaban J connectivity index is 2.06. The number of aryl methyl sites for hydroxylation is 1. The molecule has 0 aliphatic carbocycles. The third-order valence-electron chi connectivity index (χ3n) is 2.05. The number of hydrogen-bond acceptors (Lipinski definition) is 6. The average Bonchev–Trinajstić information content (AvgIpc) is 2.87. The van der Waals surface area contributed by atoms with Crippen LogP contribution in [0, 0.1) is 6.92 Å². The maximum atomic E-state index is 11.8. The second kappa shape index (κ2) is 4.92. The molecular formula is C9H9N5O3S. The summed E-state index contributed by atoms with van der Waals surface area (Å²) in [6.45, 7) is 1.43. The van der Waals surface area contributed by atoms with E-state index in [1.165, 1.54) is 17.1 Å². The summed E-state index contributed by atoms with van der Waals surface area (Å²) in [5, 5.41) is 18.7. The molecular weight excluding hydrogens is 258 g/mol. The summed E-state index contributed by atoms with van der Waals surface area (Å²) in [7, 11) is 0. The predicted octanol–water partition coefficient (Wildman–Crippen LogP) is 0.380. The molecule has 0 spiro atoms. The Morgan fingerprint density at radius 3 is 2.94 bits per heavy atom. The number of carbonyl (C=O) groups is 2. The number of rotatable bonds is 4. The fourth-order valence-corrected chi connectivity index (χ4v) is 1.83. The third-order valence-corrected chi connectivity index (χ3v) is 2.87. The fraction of sp³-hybridized carbons (Fsp3) is 0.222. The highest BCUT2D eigenvalue weighted by atomic mass is 32.1. The van der Waals surface area contributed by atoms with Crippen molar-refractivity contribution in [2.75, 3.05) is 5.32 Å². The van der Waals surface area contributed by atoms with Gasteiger partial charge in [0, 0.05) is 6.20 Å². The molecule has 1 amide bonds. The van der Waals surface area contributed by atoms with Gasteiger partial charge < -0.3 is 10.4 Å². The van der Waals surface area contributed by atoms with Crippen LogP contribution < -0.4 is 5.32 Å². The Hall–Kier alpha value is -2.29. The van der Waals surface area contributed by atoms with Crippen molar-refractivity contribution in [3.8, 4) is 0 Å². The Labute approximate surface area is 105 Å². The zero-order chi connectivity index (χ0) is 13.1. The zero-order valence-corrected chi connectivity index (χ0v) is 10.1. The van der Waals surface area contributed by atoms with Gasteiger partial charge in [-0.25, -0.2) is 0 Å². The van der Waals surface area contributed by atoms with Crippen LogP contribution in [-0.2, 0) is 11.3 Å². The molecule has 0 saturated carbocycles. The van der Waals surface area contributed by atoms with Gasteiger partial charge in [-0.2, -0.15) is 5.10 Å². The molecule has 0 radical (unpaired) electrons. The van der Waals surface area contributed by atoms with Gasteiger partial charge >= 0.3 is 5.97 Å². The van der Waals surface area contributed by atoms with Gasteiger partial charge in [-0.1, -0.05) is 4.49 Å². The molecule has 0 saturated heterocycles. The number of amides is 1.